The highest BCUT2D eigenvalue weighted by Crippen LogP contribution is 2.03. The van der Waals surface area contributed by atoms with Crippen molar-refractivity contribution < 1.29 is 9.53 Å². The fraction of sp³-hybridized carbons (Fsp3) is 0.286. The van der Waals surface area contributed by atoms with Crippen LogP contribution in [0, 0.1) is 0 Å². The first kappa shape index (κ1) is 13.9. The smallest absolute Gasteiger partial charge is 0.341 e. The molecule has 0 atom stereocenters. The Labute approximate surface area is 117 Å². The molecule has 2 aromatic rings. The van der Waals surface area contributed by atoms with Crippen LogP contribution in [0.1, 0.15) is 23.0 Å². The summed E-state index contributed by atoms with van der Waals surface area (Å²) in [6, 6.07) is 5.80. The van der Waals surface area contributed by atoms with Crippen molar-refractivity contribution in [1.82, 2.24) is 15.0 Å². The molecular formula is C14H16N4O2. The zero-order valence-corrected chi connectivity index (χ0v) is 11.2. The minimum Gasteiger partial charge on any atom is -0.462 e. The molecule has 0 aliphatic heterocycles. The summed E-state index contributed by atoms with van der Waals surface area (Å²) in [6.07, 6.45) is 5.45. The lowest BCUT2D eigenvalue weighted by Crippen LogP contribution is -2.10. The van der Waals surface area contributed by atoms with Crippen LogP contribution < -0.4 is 5.32 Å². The van der Waals surface area contributed by atoms with Gasteiger partial charge in [0, 0.05) is 37.3 Å². The van der Waals surface area contributed by atoms with Crippen LogP contribution in [0.25, 0.3) is 0 Å². The third kappa shape index (κ3) is 4.01. The van der Waals surface area contributed by atoms with E-state index in [0.29, 0.717) is 24.7 Å². The summed E-state index contributed by atoms with van der Waals surface area (Å²) >= 11 is 0. The lowest BCUT2D eigenvalue weighted by Gasteiger charge is -2.05. The molecule has 104 valence electrons. The van der Waals surface area contributed by atoms with Gasteiger partial charge in [-0.25, -0.2) is 14.8 Å². The molecule has 6 nitrogen and oxygen atoms in total. The van der Waals surface area contributed by atoms with Crippen molar-refractivity contribution in [3.8, 4) is 0 Å². The van der Waals surface area contributed by atoms with E-state index in [2.05, 4.69) is 20.3 Å². The molecule has 2 rings (SSSR count). The SMILES string of the molecule is CCOC(=O)c1cnc(NCCc2ccccn2)nc1. The summed E-state index contributed by atoms with van der Waals surface area (Å²) in [5.41, 5.74) is 1.35. The number of pyridine rings is 1. The maximum atomic E-state index is 11.4. The second-order valence-corrected chi connectivity index (χ2v) is 4.01. The van der Waals surface area contributed by atoms with Crippen molar-refractivity contribution in [2.75, 3.05) is 18.5 Å². The molecule has 1 N–H and O–H groups in total. The molecular weight excluding hydrogens is 256 g/mol. The van der Waals surface area contributed by atoms with Gasteiger partial charge in [-0.2, -0.15) is 0 Å². The number of esters is 1. The molecule has 0 bridgehead atoms. The Morgan fingerprint density at radius 1 is 1.25 bits per heavy atom. The van der Waals surface area contributed by atoms with Crippen LogP contribution in [-0.4, -0.2) is 34.1 Å². The Kier molecular flexibility index (Phi) is 5.00. The van der Waals surface area contributed by atoms with Crippen molar-refractivity contribution in [3.63, 3.8) is 0 Å². The third-order valence-corrected chi connectivity index (χ3v) is 2.55. The normalized spacial score (nSPS) is 10.1. The highest BCUT2D eigenvalue weighted by molar-refractivity contribution is 5.88. The van der Waals surface area contributed by atoms with E-state index in [1.165, 1.54) is 12.4 Å². The molecule has 0 saturated carbocycles. The fourth-order valence-electron chi connectivity index (χ4n) is 1.59. The Bertz CT molecular complexity index is 543. The maximum Gasteiger partial charge on any atom is 0.341 e. The minimum atomic E-state index is -0.410. The number of carbonyl (C=O) groups is 1. The van der Waals surface area contributed by atoms with Gasteiger partial charge in [0.15, 0.2) is 0 Å². The predicted octanol–water partition coefficient (Wildman–Crippen LogP) is 1.70. The highest BCUT2D eigenvalue weighted by Gasteiger charge is 2.07. The van der Waals surface area contributed by atoms with Gasteiger partial charge in [0.25, 0.3) is 0 Å². The fourth-order valence-corrected chi connectivity index (χ4v) is 1.59. The molecule has 0 amide bonds. The van der Waals surface area contributed by atoms with Gasteiger partial charge in [-0.1, -0.05) is 6.07 Å². The molecule has 0 spiro atoms. The van der Waals surface area contributed by atoms with E-state index in [9.17, 15) is 4.79 Å². The molecule has 0 fully saturated rings. The van der Waals surface area contributed by atoms with E-state index < -0.39 is 5.97 Å². The second-order valence-electron chi connectivity index (χ2n) is 4.01. The van der Waals surface area contributed by atoms with Crippen LogP contribution in [0.3, 0.4) is 0 Å². The summed E-state index contributed by atoms with van der Waals surface area (Å²) in [4.78, 5) is 23.8. The first-order chi connectivity index (χ1) is 9.79. The minimum absolute atomic E-state index is 0.336. The van der Waals surface area contributed by atoms with E-state index in [1.54, 1.807) is 13.1 Å². The Balaban J connectivity index is 1.83. The highest BCUT2D eigenvalue weighted by atomic mass is 16.5. The van der Waals surface area contributed by atoms with E-state index in [1.807, 2.05) is 18.2 Å². The van der Waals surface area contributed by atoms with Crippen LogP contribution in [-0.2, 0) is 11.2 Å². The molecule has 0 aliphatic carbocycles. The van der Waals surface area contributed by atoms with Crippen molar-refractivity contribution in [1.29, 1.82) is 0 Å². The van der Waals surface area contributed by atoms with E-state index >= 15 is 0 Å². The zero-order chi connectivity index (χ0) is 14.2. The van der Waals surface area contributed by atoms with Gasteiger partial charge in [0.05, 0.1) is 12.2 Å². The van der Waals surface area contributed by atoms with Crippen LogP contribution in [0.4, 0.5) is 5.95 Å². The van der Waals surface area contributed by atoms with Gasteiger partial charge >= 0.3 is 5.97 Å². The van der Waals surface area contributed by atoms with Crippen molar-refractivity contribution in [2.45, 2.75) is 13.3 Å². The lowest BCUT2D eigenvalue weighted by atomic mass is 10.3. The number of nitrogens with zero attached hydrogens (tertiary/aromatic N) is 3. The summed E-state index contributed by atoms with van der Waals surface area (Å²) in [5, 5.41) is 3.08. The Hall–Kier alpha value is -2.50. The predicted molar refractivity (Wildman–Crippen MR) is 74.4 cm³/mol. The molecule has 2 aromatic heterocycles. The van der Waals surface area contributed by atoms with Crippen LogP contribution in [0.5, 0.6) is 0 Å². The van der Waals surface area contributed by atoms with Crippen molar-refractivity contribution in [3.05, 3.63) is 48.0 Å². The second kappa shape index (κ2) is 7.18. The van der Waals surface area contributed by atoms with Crippen LogP contribution >= 0.6 is 0 Å². The molecule has 0 radical (unpaired) electrons. The molecule has 0 aromatic carbocycles. The van der Waals surface area contributed by atoms with Crippen LogP contribution in [0.2, 0.25) is 0 Å². The van der Waals surface area contributed by atoms with E-state index in [4.69, 9.17) is 4.74 Å². The maximum absolute atomic E-state index is 11.4. The van der Waals surface area contributed by atoms with Gasteiger partial charge in [0.2, 0.25) is 5.95 Å². The number of anilines is 1. The summed E-state index contributed by atoms with van der Waals surface area (Å²) in [5.74, 6) is 0.0708. The van der Waals surface area contributed by atoms with Crippen LogP contribution in [0.15, 0.2) is 36.8 Å². The zero-order valence-electron chi connectivity index (χ0n) is 11.2. The van der Waals surface area contributed by atoms with Gasteiger partial charge in [0.1, 0.15) is 0 Å². The number of hydrogen-bond donors (Lipinski definition) is 1. The lowest BCUT2D eigenvalue weighted by molar-refractivity contribution is 0.0525. The van der Waals surface area contributed by atoms with Gasteiger partial charge in [-0.15, -0.1) is 0 Å². The number of nitrogens with one attached hydrogen (secondary N) is 1. The largest absolute Gasteiger partial charge is 0.462 e. The van der Waals surface area contributed by atoms with E-state index in [-0.39, 0.29) is 0 Å². The number of hydrogen-bond acceptors (Lipinski definition) is 6. The first-order valence-corrected chi connectivity index (χ1v) is 6.42. The summed E-state index contributed by atoms with van der Waals surface area (Å²) in [6.45, 7) is 2.77. The van der Waals surface area contributed by atoms with E-state index in [0.717, 1.165) is 12.1 Å². The molecule has 20 heavy (non-hydrogen) atoms. The first-order valence-electron chi connectivity index (χ1n) is 6.42. The van der Waals surface area contributed by atoms with Gasteiger partial charge < -0.3 is 10.1 Å². The van der Waals surface area contributed by atoms with Gasteiger partial charge in [-0.05, 0) is 19.1 Å². The summed E-state index contributed by atoms with van der Waals surface area (Å²) in [7, 11) is 0. The molecule has 2 heterocycles. The average molecular weight is 272 g/mol. The average Bonchev–Trinajstić information content (AvgIpc) is 2.49. The standard InChI is InChI=1S/C14H16N4O2/c1-2-20-13(19)11-9-17-14(18-10-11)16-8-6-12-5-3-4-7-15-12/h3-5,7,9-10H,2,6,8H2,1H3,(H,16,17,18). The molecule has 0 saturated heterocycles. The Morgan fingerprint density at radius 3 is 2.70 bits per heavy atom. The molecule has 6 heteroatoms. The number of carbonyl (C=O) groups excluding carboxylic acids is 1. The number of aromatic nitrogens is 3. The summed E-state index contributed by atoms with van der Waals surface area (Å²) < 4.78 is 4.86. The van der Waals surface area contributed by atoms with Gasteiger partial charge in [-0.3, -0.25) is 4.98 Å². The monoisotopic (exact) mass is 272 g/mol. The number of rotatable bonds is 6. The topological polar surface area (TPSA) is 77.0 Å². The number of ether oxygens (including phenoxy) is 1. The van der Waals surface area contributed by atoms with Crippen molar-refractivity contribution in [2.24, 2.45) is 0 Å². The third-order valence-electron chi connectivity index (χ3n) is 2.55. The quantitative estimate of drug-likeness (QED) is 0.807. The molecule has 0 aliphatic rings. The Morgan fingerprint density at radius 2 is 2.05 bits per heavy atom. The molecule has 0 unspecified atom stereocenters. The van der Waals surface area contributed by atoms with Crippen molar-refractivity contribution >= 4 is 11.9 Å².